The maximum atomic E-state index is 2.42. The Labute approximate surface area is 278 Å². The van der Waals surface area contributed by atoms with Crippen LogP contribution in [0.25, 0.3) is 21.5 Å². The zero-order valence-corrected chi connectivity index (χ0v) is 29.8. The van der Waals surface area contributed by atoms with E-state index in [2.05, 4.69) is 154 Å². The molecule has 4 aromatic rings. The Morgan fingerprint density at radius 2 is 1.28 bits per heavy atom. The first kappa shape index (κ1) is 33.2. The molecule has 2 heterocycles. The Bertz CT molecular complexity index is 1920. The van der Waals surface area contributed by atoms with Gasteiger partial charge in [0.25, 0.3) is 0 Å². The van der Waals surface area contributed by atoms with Crippen molar-refractivity contribution in [3.05, 3.63) is 131 Å². The summed E-state index contributed by atoms with van der Waals surface area (Å²) in [4.78, 5) is 2.39. The van der Waals surface area contributed by atoms with Gasteiger partial charge in [-0.2, -0.15) is 4.58 Å². The van der Waals surface area contributed by atoms with Gasteiger partial charge >= 0.3 is 0 Å². The van der Waals surface area contributed by atoms with E-state index in [1.54, 1.807) is 0 Å². The molecule has 2 heteroatoms. The summed E-state index contributed by atoms with van der Waals surface area (Å²) < 4.78 is 2.39. The number of nitrogens with zero attached hydrogens (tertiary/aromatic N) is 2. The summed E-state index contributed by atoms with van der Waals surface area (Å²) in [5.74, 6) is 0. The molecule has 2 aliphatic heterocycles. The third-order valence-corrected chi connectivity index (χ3v) is 10.0. The van der Waals surface area contributed by atoms with Crippen LogP contribution in [-0.4, -0.2) is 24.4 Å². The molecule has 46 heavy (non-hydrogen) atoms. The molecule has 0 bridgehead atoms. The van der Waals surface area contributed by atoms with E-state index in [9.17, 15) is 0 Å². The van der Waals surface area contributed by atoms with E-state index in [1.165, 1.54) is 73.0 Å². The van der Waals surface area contributed by atoms with Crippen LogP contribution in [0.2, 0.25) is 0 Å². The quantitative estimate of drug-likeness (QED) is 0.209. The summed E-state index contributed by atoms with van der Waals surface area (Å²) in [6.07, 6.45) is 15.3. The highest BCUT2D eigenvalue weighted by molar-refractivity contribution is 6.07. The SMILES string of the molecule is CC.CC.CN1/C(=C/C=C2C=C(/C=C/C3=[N+](C)c4ccc5ccccc5c4C3(C)C)CCC/2)C(C)(C)c2c1ccc1ccccc21. The molecule has 0 saturated heterocycles. The van der Waals surface area contributed by atoms with Gasteiger partial charge in [0.05, 0.1) is 5.41 Å². The van der Waals surface area contributed by atoms with E-state index in [0.29, 0.717) is 0 Å². The zero-order chi connectivity index (χ0) is 33.2. The second-order valence-electron chi connectivity index (χ2n) is 13.3. The van der Waals surface area contributed by atoms with Crippen LogP contribution in [-0.2, 0) is 10.8 Å². The number of benzene rings is 4. The first-order chi connectivity index (χ1) is 22.2. The monoisotopic (exact) mass is 609 g/mol. The van der Waals surface area contributed by atoms with E-state index in [-0.39, 0.29) is 10.8 Å². The molecule has 0 unspecified atom stereocenters. The van der Waals surface area contributed by atoms with Crippen molar-refractivity contribution in [2.75, 3.05) is 19.0 Å². The predicted molar refractivity (Wildman–Crippen MR) is 203 cm³/mol. The fraction of sp³-hybridized carbons (Fsp3) is 0.341. The average molecular weight is 610 g/mol. The minimum atomic E-state index is -0.0580. The van der Waals surface area contributed by atoms with Gasteiger partial charge in [0.1, 0.15) is 7.05 Å². The van der Waals surface area contributed by atoms with Gasteiger partial charge in [-0.3, -0.25) is 0 Å². The lowest BCUT2D eigenvalue weighted by Crippen LogP contribution is -2.26. The minimum absolute atomic E-state index is 0.0580. The molecular weight excluding hydrogens is 556 g/mol. The minimum Gasteiger partial charge on any atom is -0.347 e. The molecule has 0 amide bonds. The molecule has 0 fully saturated rings. The van der Waals surface area contributed by atoms with E-state index in [0.717, 1.165) is 12.8 Å². The smallest absolute Gasteiger partial charge is 0.210 e. The number of hydrogen-bond donors (Lipinski definition) is 0. The number of hydrogen-bond acceptors (Lipinski definition) is 1. The Morgan fingerprint density at radius 3 is 1.96 bits per heavy atom. The van der Waals surface area contributed by atoms with Gasteiger partial charge in [-0.15, -0.1) is 0 Å². The molecule has 3 aliphatic rings. The number of allylic oxidation sites excluding steroid dienone is 8. The fourth-order valence-corrected chi connectivity index (χ4v) is 7.90. The Hall–Kier alpha value is -4.17. The topological polar surface area (TPSA) is 6.25 Å². The van der Waals surface area contributed by atoms with Crippen molar-refractivity contribution >= 4 is 38.6 Å². The van der Waals surface area contributed by atoms with Gasteiger partial charge in [-0.05, 0) is 89.6 Å². The second-order valence-corrected chi connectivity index (χ2v) is 13.3. The van der Waals surface area contributed by atoms with Crippen molar-refractivity contribution in [3.63, 3.8) is 0 Å². The van der Waals surface area contributed by atoms with Crippen LogP contribution in [0.4, 0.5) is 11.4 Å². The van der Waals surface area contributed by atoms with Crippen molar-refractivity contribution in [2.24, 2.45) is 0 Å². The van der Waals surface area contributed by atoms with Crippen LogP contribution in [0.15, 0.2) is 120 Å². The van der Waals surface area contributed by atoms with E-state index in [4.69, 9.17) is 0 Å². The maximum absolute atomic E-state index is 2.42. The van der Waals surface area contributed by atoms with Crippen LogP contribution in [0.5, 0.6) is 0 Å². The highest BCUT2D eigenvalue weighted by Crippen LogP contribution is 2.50. The van der Waals surface area contributed by atoms with Crippen LogP contribution in [0.3, 0.4) is 0 Å². The van der Waals surface area contributed by atoms with Crippen LogP contribution in [0.1, 0.15) is 85.8 Å². The largest absolute Gasteiger partial charge is 0.347 e. The zero-order valence-electron chi connectivity index (χ0n) is 29.8. The molecule has 2 nitrogen and oxygen atoms in total. The van der Waals surface area contributed by atoms with Gasteiger partial charge in [-0.1, -0.05) is 114 Å². The lowest BCUT2D eigenvalue weighted by molar-refractivity contribution is -0.401. The van der Waals surface area contributed by atoms with Gasteiger partial charge in [0.2, 0.25) is 5.69 Å². The molecule has 7 rings (SSSR count). The summed E-state index contributed by atoms with van der Waals surface area (Å²) in [6.45, 7) is 17.5. The molecule has 0 N–H and O–H groups in total. The highest BCUT2D eigenvalue weighted by atomic mass is 15.2. The molecule has 0 saturated carbocycles. The van der Waals surface area contributed by atoms with Crippen LogP contribution >= 0.6 is 0 Å². The highest BCUT2D eigenvalue weighted by Gasteiger charge is 2.44. The first-order valence-electron chi connectivity index (χ1n) is 17.4. The molecule has 238 valence electrons. The molecule has 0 atom stereocenters. The van der Waals surface area contributed by atoms with E-state index in [1.807, 2.05) is 27.7 Å². The lowest BCUT2D eigenvalue weighted by atomic mass is 9.79. The van der Waals surface area contributed by atoms with E-state index < -0.39 is 0 Å². The third-order valence-electron chi connectivity index (χ3n) is 10.0. The first-order valence-corrected chi connectivity index (χ1v) is 17.4. The normalized spacial score (nSPS) is 19.6. The fourth-order valence-electron chi connectivity index (χ4n) is 7.90. The maximum Gasteiger partial charge on any atom is 0.210 e. The standard InChI is InChI=1S/C40H41N2.2C2H6/c1-39(2)35(41(5)33-22-20-29-14-7-9-16-31(29)37(33)39)24-18-27-12-11-13-28(26-27)19-25-36-40(3,4)38-32-17-10-8-15-30(32)21-23-34(38)42(36)6;2*1-2/h7-10,14-26H,11-13H2,1-6H3;2*1-2H3/q+1;;. The lowest BCUT2D eigenvalue weighted by Gasteiger charge is -2.24. The molecule has 0 aromatic heterocycles. The number of fused-ring (bicyclic) bond motifs is 6. The van der Waals surface area contributed by atoms with E-state index >= 15 is 0 Å². The second kappa shape index (κ2) is 13.3. The van der Waals surface area contributed by atoms with Crippen molar-refractivity contribution in [3.8, 4) is 0 Å². The summed E-state index contributed by atoms with van der Waals surface area (Å²) >= 11 is 0. The van der Waals surface area contributed by atoms with Gasteiger partial charge in [0.15, 0.2) is 5.71 Å². The van der Waals surface area contributed by atoms with Crippen molar-refractivity contribution in [2.45, 2.75) is 85.5 Å². The number of likely N-dealkylation sites (N-methyl/N-ethyl adjacent to an activating group) is 1. The molecule has 0 spiro atoms. The Morgan fingerprint density at radius 1 is 0.674 bits per heavy atom. The number of anilines is 1. The Kier molecular flexibility index (Phi) is 9.59. The summed E-state index contributed by atoms with van der Waals surface area (Å²) in [7, 11) is 4.44. The third kappa shape index (κ3) is 5.57. The van der Waals surface area contributed by atoms with Crippen molar-refractivity contribution in [1.29, 1.82) is 0 Å². The van der Waals surface area contributed by atoms with Gasteiger partial charge < -0.3 is 4.90 Å². The van der Waals surface area contributed by atoms with Crippen molar-refractivity contribution in [1.82, 2.24) is 0 Å². The molecule has 1 aliphatic carbocycles. The van der Waals surface area contributed by atoms with Crippen LogP contribution < -0.4 is 4.90 Å². The molecular formula is C44H53N2+. The van der Waals surface area contributed by atoms with Gasteiger partial charge in [0, 0.05) is 41.6 Å². The summed E-state index contributed by atoms with van der Waals surface area (Å²) in [5.41, 5.74) is 10.9. The van der Waals surface area contributed by atoms with Crippen molar-refractivity contribution < 1.29 is 4.58 Å². The van der Waals surface area contributed by atoms with Gasteiger partial charge in [-0.25, -0.2) is 0 Å². The molecule has 0 radical (unpaired) electrons. The average Bonchev–Trinajstić information content (AvgIpc) is 3.41. The van der Waals surface area contributed by atoms with Crippen LogP contribution in [0, 0.1) is 0 Å². The summed E-state index contributed by atoms with van der Waals surface area (Å²) in [5, 5.41) is 5.35. The Balaban J connectivity index is 0.00000100. The predicted octanol–water partition coefficient (Wildman–Crippen LogP) is 12.0. The summed E-state index contributed by atoms with van der Waals surface area (Å²) in [6, 6.07) is 26.7. The molecule has 4 aromatic carbocycles. The number of rotatable bonds is 3.